The van der Waals surface area contributed by atoms with Crippen LogP contribution < -0.4 is 0 Å². The Morgan fingerprint density at radius 1 is 1.03 bits per heavy atom. The average Bonchev–Trinajstić information content (AvgIpc) is 2.70. The molecule has 0 aliphatic carbocycles. The summed E-state index contributed by atoms with van der Waals surface area (Å²) in [6, 6.07) is 10.5. The Balaban J connectivity index is 1.59. The minimum absolute atomic E-state index is 0.0708. The fourth-order valence-electron chi connectivity index (χ4n) is 4.17. The Labute approximate surface area is 186 Å². The number of aromatic nitrogens is 2. The molecule has 9 heteroatoms. The van der Waals surface area contributed by atoms with Crippen molar-refractivity contribution in [3.63, 3.8) is 0 Å². The highest BCUT2D eigenvalue weighted by molar-refractivity contribution is 7.79. The molecule has 1 fully saturated rings. The fourth-order valence-corrected chi connectivity index (χ4v) is 5.05. The van der Waals surface area contributed by atoms with E-state index in [2.05, 4.69) is 14.9 Å². The first-order valence-electron chi connectivity index (χ1n) is 9.67. The van der Waals surface area contributed by atoms with Crippen LogP contribution in [0.1, 0.15) is 28.7 Å². The van der Waals surface area contributed by atoms with Crippen molar-refractivity contribution in [3.05, 3.63) is 94.5 Å². The van der Waals surface area contributed by atoms with E-state index >= 15 is 0 Å². The van der Waals surface area contributed by atoms with Crippen LogP contribution in [0.5, 0.6) is 0 Å². The first-order valence-corrected chi connectivity index (χ1v) is 11.3. The van der Waals surface area contributed by atoms with Crippen molar-refractivity contribution in [2.45, 2.75) is 12.0 Å². The second-order valence-electron chi connectivity index (χ2n) is 7.62. The van der Waals surface area contributed by atoms with E-state index in [1.807, 2.05) is 24.3 Å². The number of nitrogens with zero attached hydrogens (tertiary/aromatic N) is 3. The SMILES string of the molecule is O=S([O-])CC(c1cc(F)cc(F)c1)C1CN(C(c2ccc(Cl)cc2)c2cncnc2)C1. The van der Waals surface area contributed by atoms with Crippen molar-refractivity contribution in [1.82, 2.24) is 14.9 Å². The minimum atomic E-state index is -2.34. The zero-order valence-corrected chi connectivity index (χ0v) is 17.9. The number of hydrogen-bond acceptors (Lipinski definition) is 5. The predicted octanol–water partition coefficient (Wildman–Crippen LogP) is 4.09. The molecule has 1 aromatic heterocycles. The quantitative estimate of drug-likeness (QED) is 0.494. The lowest BCUT2D eigenvalue weighted by atomic mass is 9.80. The fraction of sp³-hybridized carbons (Fsp3) is 0.273. The van der Waals surface area contributed by atoms with E-state index in [1.165, 1.54) is 18.5 Å². The molecule has 0 amide bonds. The van der Waals surface area contributed by atoms with E-state index in [4.69, 9.17) is 11.6 Å². The molecule has 3 atom stereocenters. The van der Waals surface area contributed by atoms with Gasteiger partial charge < -0.3 is 4.55 Å². The van der Waals surface area contributed by atoms with Crippen molar-refractivity contribution in [2.24, 2.45) is 5.92 Å². The molecule has 2 heterocycles. The van der Waals surface area contributed by atoms with Crippen LogP contribution in [0.2, 0.25) is 5.02 Å². The maximum absolute atomic E-state index is 13.8. The lowest BCUT2D eigenvalue weighted by molar-refractivity contribution is 0.0551. The molecule has 3 unspecified atom stereocenters. The Hall–Kier alpha value is -2.26. The maximum Gasteiger partial charge on any atom is 0.126 e. The summed E-state index contributed by atoms with van der Waals surface area (Å²) in [5.41, 5.74) is 2.25. The number of halogens is 3. The topological polar surface area (TPSA) is 69.2 Å². The molecule has 0 N–H and O–H groups in total. The Bertz CT molecular complexity index is 1050. The molecule has 3 aromatic rings. The van der Waals surface area contributed by atoms with Gasteiger partial charge in [-0.2, -0.15) is 0 Å². The third kappa shape index (κ3) is 5.15. The van der Waals surface area contributed by atoms with Gasteiger partial charge >= 0.3 is 0 Å². The third-order valence-corrected chi connectivity index (χ3v) is 6.47. The largest absolute Gasteiger partial charge is 0.772 e. The molecule has 1 aliphatic rings. The Kier molecular flexibility index (Phi) is 6.71. The monoisotopic (exact) mass is 462 g/mol. The van der Waals surface area contributed by atoms with E-state index in [0.717, 1.165) is 17.2 Å². The van der Waals surface area contributed by atoms with Crippen LogP contribution in [0.4, 0.5) is 8.78 Å². The van der Waals surface area contributed by atoms with Crippen molar-refractivity contribution in [2.75, 3.05) is 18.8 Å². The smallest absolute Gasteiger partial charge is 0.126 e. The van der Waals surface area contributed by atoms with Crippen molar-refractivity contribution >= 4 is 22.7 Å². The summed E-state index contributed by atoms with van der Waals surface area (Å²) in [5, 5.41) is 0.624. The van der Waals surface area contributed by atoms with Crippen LogP contribution in [0.25, 0.3) is 0 Å². The lowest BCUT2D eigenvalue weighted by Crippen LogP contribution is -2.51. The van der Waals surface area contributed by atoms with Crippen molar-refractivity contribution in [1.29, 1.82) is 0 Å². The number of benzene rings is 2. The molecule has 0 spiro atoms. The van der Waals surface area contributed by atoms with Gasteiger partial charge in [0.05, 0.1) is 6.04 Å². The van der Waals surface area contributed by atoms with Crippen LogP contribution in [-0.4, -0.2) is 42.5 Å². The van der Waals surface area contributed by atoms with Crippen LogP contribution in [0.15, 0.2) is 61.2 Å². The minimum Gasteiger partial charge on any atom is -0.772 e. The van der Waals surface area contributed by atoms with Gasteiger partial charge in [0.2, 0.25) is 0 Å². The second-order valence-corrected chi connectivity index (χ2v) is 9.00. The van der Waals surface area contributed by atoms with Crippen LogP contribution >= 0.6 is 11.6 Å². The first-order chi connectivity index (χ1) is 14.9. The molecule has 1 saturated heterocycles. The molecule has 0 bridgehead atoms. The summed E-state index contributed by atoms with van der Waals surface area (Å²) in [5.74, 6) is -2.19. The molecular weight excluding hydrogens is 444 g/mol. The summed E-state index contributed by atoms with van der Waals surface area (Å²) in [4.78, 5) is 10.4. The summed E-state index contributed by atoms with van der Waals surface area (Å²) in [7, 11) is 0. The van der Waals surface area contributed by atoms with Crippen molar-refractivity contribution < 1.29 is 17.5 Å². The normalized spacial score (nSPS) is 17.7. The van der Waals surface area contributed by atoms with Crippen LogP contribution in [-0.2, 0) is 11.1 Å². The van der Waals surface area contributed by atoms with Gasteiger partial charge in [0.15, 0.2) is 0 Å². The van der Waals surface area contributed by atoms with E-state index in [0.29, 0.717) is 23.7 Å². The molecule has 31 heavy (non-hydrogen) atoms. The summed E-state index contributed by atoms with van der Waals surface area (Å²) in [6.45, 7) is 1.12. The van der Waals surface area contributed by atoms with Gasteiger partial charge in [-0.05, 0) is 47.2 Å². The molecule has 162 valence electrons. The molecular formula is C22H19ClF2N3O2S-. The molecule has 0 radical (unpaired) electrons. The highest BCUT2D eigenvalue weighted by Gasteiger charge is 2.39. The Morgan fingerprint density at radius 3 is 2.23 bits per heavy atom. The molecule has 4 rings (SSSR count). The number of likely N-dealkylation sites (tertiary alicyclic amines) is 1. The van der Waals surface area contributed by atoms with Crippen molar-refractivity contribution in [3.8, 4) is 0 Å². The van der Waals surface area contributed by atoms with Gasteiger partial charge in [-0.15, -0.1) is 0 Å². The van der Waals surface area contributed by atoms with Gasteiger partial charge in [-0.25, -0.2) is 18.7 Å². The summed E-state index contributed by atoms with van der Waals surface area (Å²) < 4.78 is 50.4. The van der Waals surface area contributed by atoms with E-state index in [9.17, 15) is 17.5 Å². The zero-order chi connectivity index (χ0) is 22.0. The lowest BCUT2D eigenvalue weighted by Gasteiger charge is -2.48. The van der Waals surface area contributed by atoms with Gasteiger partial charge in [0.1, 0.15) is 18.0 Å². The summed E-state index contributed by atoms with van der Waals surface area (Å²) >= 11 is 3.70. The number of rotatable bonds is 7. The van der Waals surface area contributed by atoms with E-state index in [1.54, 1.807) is 12.4 Å². The standard InChI is InChI=1S/C22H20ClF2N3O2S/c23-18-3-1-14(2-4-18)22(16-8-26-13-27-9-16)28-10-17(11-28)21(12-31(29)30)15-5-19(24)7-20(25)6-15/h1-9,13,17,21-22H,10-12H2,(H,29,30)/p-1. The molecule has 0 saturated carbocycles. The summed E-state index contributed by atoms with van der Waals surface area (Å²) in [6.07, 6.45) is 4.94. The van der Waals surface area contributed by atoms with E-state index in [-0.39, 0.29) is 17.7 Å². The molecule has 2 aromatic carbocycles. The first kappa shape index (κ1) is 22.0. The number of hydrogen-bond donors (Lipinski definition) is 0. The second kappa shape index (κ2) is 9.48. The Morgan fingerprint density at radius 2 is 1.65 bits per heavy atom. The van der Waals surface area contributed by atoms with Gasteiger partial charge in [0.25, 0.3) is 0 Å². The van der Waals surface area contributed by atoms with Gasteiger partial charge in [0, 0.05) is 47.9 Å². The van der Waals surface area contributed by atoms with Gasteiger partial charge in [-0.1, -0.05) is 34.8 Å². The highest BCUT2D eigenvalue weighted by Crippen LogP contribution is 2.40. The van der Waals surface area contributed by atoms with Gasteiger partial charge in [-0.3, -0.25) is 9.11 Å². The maximum atomic E-state index is 13.8. The van der Waals surface area contributed by atoms with Crippen LogP contribution in [0.3, 0.4) is 0 Å². The molecule has 1 aliphatic heterocycles. The zero-order valence-electron chi connectivity index (χ0n) is 16.3. The predicted molar refractivity (Wildman–Crippen MR) is 113 cm³/mol. The third-order valence-electron chi connectivity index (χ3n) is 5.58. The highest BCUT2D eigenvalue weighted by atomic mass is 35.5. The van der Waals surface area contributed by atoms with Crippen LogP contribution in [0, 0.1) is 17.6 Å². The molecule has 5 nitrogen and oxygen atoms in total. The van der Waals surface area contributed by atoms with E-state index < -0.39 is 28.6 Å². The average molecular weight is 463 g/mol.